The number of halogens is 2. The lowest BCUT2D eigenvalue weighted by molar-refractivity contribution is -0.385. The second-order valence-corrected chi connectivity index (χ2v) is 5.75. The lowest BCUT2D eigenvalue weighted by Gasteiger charge is -2.10. The highest BCUT2D eigenvalue weighted by atomic mass is 19.3. The molecule has 0 unspecified atom stereocenters. The van der Waals surface area contributed by atoms with Gasteiger partial charge in [0.15, 0.2) is 18.1 Å². The van der Waals surface area contributed by atoms with E-state index < -0.39 is 11.5 Å². The van der Waals surface area contributed by atoms with Gasteiger partial charge in [0.25, 0.3) is 11.6 Å². The number of aryl methyl sites for hydroxylation is 1. The molecule has 0 amide bonds. The van der Waals surface area contributed by atoms with E-state index in [0.29, 0.717) is 16.9 Å². The summed E-state index contributed by atoms with van der Waals surface area (Å²) in [5, 5.41) is 14.7. The number of ether oxygens (including phenoxy) is 3. The van der Waals surface area contributed by atoms with Crippen LogP contribution in [-0.2, 0) is 6.61 Å². The maximum Gasteiger partial charge on any atom is 0.387 e. The molecule has 0 N–H and O–H groups in total. The SMILES string of the molecule is COc1cc(-c2noc(COc3ccc([N+](=O)[O-])c(C)c3)n2)ccc1OC(F)F. The van der Waals surface area contributed by atoms with Crippen LogP contribution >= 0.6 is 0 Å². The normalized spacial score (nSPS) is 10.8. The molecule has 0 aliphatic carbocycles. The van der Waals surface area contributed by atoms with Crippen LogP contribution in [0.1, 0.15) is 11.5 Å². The minimum atomic E-state index is -2.98. The zero-order valence-electron chi connectivity index (χ0n) is 15.3. The van der Waals surface area contributed by atoms with E-state index in [1.807, 2.05) is 0 Å². The van der Waals surface area contributed by atoms with Gasteiger partial charge in [-0.2, -0.15) is 13.8 Å². The molecule has 29 heavy (non-hydrogen) atoms. The van der Waals surface area contributed by atoms with Gasteiger partial charge in [-0.15, -0.1) is 0 Å². The molecule has 0 atom stereocenters. The van der Waals surface area contributed by atoms with Crippen molar-refractivity contribution < 1.29 is 32.4 Å². The van der Waals surface area contributed by atoms with Crippen molar-refractivity contribution >= 4 is 5.69 Å². The fourth-order valence-electron chi connectivity index (χ4n) is 2.50. The lowest BCUT2D eigenvalue weighted by Crippen LogP contribution is -2.03. The topological polar surface area (TPSA) is 110 Å². The molecule has 2 aromatic carbocycles. The minimum absolute atomic E-state index is 0.00866. The van der Waals surface area contributed by atoms with Crippen molar-refractivity contribution in [2.45, 2.75) is 20.1 Å². The average Bonchev–Trinajstić information content (AvgIpc) is 3.15. The van der Waals surface area contributed by atoms with Crippen LogP contribution in [0.3, 0.4) is 0 Å². The highest BCUT2D eigenvalue weighted by Crippen LogP contribution is 2.32. The number of nitro groups is 1. The Morgan fingerprint density at radius 2 is 2.00 bits per heavy atom. The highest BCUT2D eigenvalue weighted by Gasteiger charge is 2.16. The first-order valence-corrected chi connectivity index (χ1v) is 8.21. The predicted molar refractivity (Wildman–Crippen MR) is 95.1 cm³/mol. The van der Waals surface area contributed by atoms with Gasteiger partial charge in [-0.25, -0.2) is 0 Å². The Morgan fingerprint density at radius 3 is 2.66 bits per heavy atom. The molecule has 0 spiro atoms. The molecule has 3 aromatic rings. The Bertz CT molecular complexity index is 1020. The third-order valence-electron chi connectivity index (χ3n) is 3.83. The molecule has 1 heterocycles. The molecule has 0 aliphatic rings. The molecule has 0 fully saturated rings. The zero-order valence-corrected chi connectivity index (χ0v) is 15.3. The zero-order chi connectivity index (χ0) is 21.0. The van der Waals surface area contributed by atoms with Crippen molar-refractivity contribution in [2.24, 2.45) is 0 Å². The van der Waals surface area contributed by atoms with Crippen LogP contribution in [0.25, 0.3) is 11.4 Å². The van der Waals surface area contributed by atoms with Crippen LogP contribution < -0.4 is 14.2 Å². The standard InChI is InChI=1S/C18H15F2N3O6/c1-10-7-12(4-5-13(10)23(24)25)27-9-16-21-17(22-29-16)11-3-6-14(28-18(19)20)15(8-11)26-2/h3-8,18H,9H2,1-2H3. The molecule has 152 valence electrons. The smallest absolute Gasteiger partial charge is 0.387 e. The number of nitro benzene ring substituents is 1. The Labute approximate surface area is 163 Å². The number of methoxy groups -OCH3 is 1. The van der Waals surface area contributed by atoms with Crippen molar-refractivity contribution in [3.63, 3.8) is 0 Å². The second kappa shape index (κ2) is 8.50. The maximum atomic E-state index is 12.4. The van der Waals surface area contributed by atoms with Crippen LogP contribution in [0.5, 0.6) is 17.2 Å². The van der Waals surface area contributed by atoms with E-state index in [2.05, 4.69) is 14.9 Å². The van der Waals surface area contributed by atoms with E-state index in [-0.39, 0.29) is 35.5 Å². The van der Waals surface area contributed by atoms with E-state index in [0.717, 1.165) is 0 Å². The first-order valence-electron chi connectivity index (χ1n) is 8.21. The summed E-state index contributed by atoms with van der Waals surface area (Å²) in [4.78, 5) is 14.5. The Balaban J connectivity index is 1.71. The van der Waals surface area contributed by atoms with Crippen LogP contribution in [0.2, 0.25) is 0 Å². The summed E-state index contributed by atoms with van der Waals surface area (Å²) in [6.45, 7) is -1.44. The van der Waals surface area contributed by atoms with Crippen LogP contribution in [0.4, 0.5) is 14.5 Å². The fourth-order valence-corrected chi connectivity index (χ4v) is 2.50. The summed E-state index contributed by atoms with van der Waals surface area (Å²) < 4.78 is 44.9. The number of hydrogen-bond acceptors (Lipinski definition) is 8. The first-order chi connectivity index (χ1) is 13.9. The Kier molecular flexibility index (Phi) is 5.86. The van der Waals surface area contributed by atoms with Crippen LogP contribution in [0.15, 0.2) is 40.9 Å². The van der Waals surface area contributed by atoms with Gasteiger partial charge in [0.05, 0.1) is 12.0 Å². The Hall–Kier alpha value is -3.76. The molecule has 9 nitrogen and oxygen atoms in total. The summed E-state index contributed by atoms with van der Waals surface area (Å²) in [6, 6.07) is 8.57. The number of rotatable bonds is 8. The van der Waals surface area contributed by atoms with E-state index in [4.69, 9.17) is 14.0 Å². The molecule has 0 aliphatic heterocycles. The summed E-state index contributed by atoms with van der Waals surface area (Å²) in [7, 11) is 1.32. The summed E-state index contributed by atoms with van der Waals surface area (Å²) >= 11 is 0. The number of hydrogen-bond donors (Lipinski definition) is 0. The monoisotopic (exact) mass is 407 g/mol. The summed E-state index contributed by atoms with van der Waals surface area (Å²) in [5.74, 6) is 0.731. The van der Waals surface area contributed by atoms with Crippen molar-refractivity contribution in [2.75, 3.05) is 7.11 Å². The van der Waals surface area contributed by atoms with Crippen molar-refractivity contribution in [3.8, 4) is 28.6 Å². The number of nitrogens with zero attached hydrogens (tertiary/aromatic N) is 3. The fraction of sp³-hybridized carbons (Fsp3) is 0.222. The number of alkyl halides is 2. The molecule has 3 rings (SSSR count). The highest BCUT2D eigenvalue weighted by molar-refractivity contribution is 5.60. The Morgan fingerprint density at radius 1 is 1.21 bits per heavy atom. The van der Waals surface area contributed by atoms with E-state index >= 15 is 0 Å². The largest absolute Gasteiger partial charge is 0.493 e. The molecular weight excluding hydrogens is 392 g/mol. The molecule has 0 saturated heterocycles. The van der Waals surface area contributed by atoms with Gasteiger partial charge >= 0.3 is 6.61 Å². The number of aromatic nitrogens is 2. The van der Waals surface area contributed by atoms with Gasteiger partial charge < -0.3 is 18.7 Å². The first kappa shape index (κ1) is 20.0. The van der Waals surface area contributed by atoms with E-state index in [9.17, 15) is 18.9 Å². The maximum absolute atomic E-state index is 12.4. The van der Waals surface area contributed by atoms with Crippen molar-refractivity contribution in [1.29, 1.82) is 0 Å². The van der Waals surface area contributed by atoms with E-state index in [1.54, 1.807) is 6.92 Å². The lowest BCUT2D eigenvalue weighted by atomic mass is 10.2. The van der Waals surface area contributed by atoms with Gasteiger partial charge in [0, 0.05) is 17.2 Å². The third kappa shape index (κ3) is 4.75. The van der Waals surface area contributed by atoms with Gasteiger partial charge in [0.1, 0.15) is 5.75 Å². The molecule has 0 bridgehead atoms. The molecule has 0 saturated carbocycles. The summed E-state index contributed by atoms with van der Waals surface area (Å²) in [5.41, 5.74) is 0.909. The van der Waals surface area contributed by atoms with Gasteiger partial charge in [-0.05, 0) is 37.3 Å². The number of benzene rings is 2. The molecule has 11 heteroatoms. The summed E-state index contributed by atoms with van der Waals surface area (Å²) in [6.07, 6.45) is 0. The molecular formula is C18H15F2N3O6. The van der Waals surface area contributed by atoms with Crippen LogP contribution in [-0.4, -0.2) is 28.8 Å². The predicted octanol–water partition coefficient (Wildman–Crippen LogP) is 4.14. The van der Waals surface area contributed by atoms with Crippen LogP contribution in [0, 0.1) is 17.0 Å². The van der Waals surface area contributed by atoms with Gasteiger partial charge in [-0.1, -0.05) is 5.16 Å². The third-order valence-corrected chi connectivity index (χ3v) is 3.83. The molecule has 0 radical (unpaired) electrons. The van der Waals surface area contributed by atoms with Crippen molar-refractivity contribution in [3.05, 3.63) is 58.0 Å². The van der Waals surface area contributed by atoms with Gasteiger partial charge in [-0.3, -0.25) is 10.1 Å². The second-order valence-electron chi connectivity index (χ2n) is 5.75. The minimum Gasteiger partial charge on any atom is -0.493 e. The average molecular weight is 407 g/mol. The van der Waals surface area contributed by atoms with E-state index in [1.165, 1.54) is 43.5 Å². The quantitative estimate of drug-likeness (QED) is 0.405. The van der Waals surface area contributed by atoms with Gasteiger partial charge in [0.2, 0.25) is 5.82 Å². The molecule has 1 aromatic heterocycles. The van der Waals surface area contributed by atoms with Crippen molar-refractivity contribution in [1.82, 2.24) is 10.1 Å².